The summed E-state index contributed by atoms with van der Waals surface area (Å²) in [4.78, 5) is 19.4. The van der Waals surface area contributed by atoms with Gasteiger partial charge in [0.25, 0.3) is 0 Å². The second kappa shape index (κ2) is 9.27. The van der Waals surface area contributed by atoms with E-state index in [2.05, 4.69) is 4.98 Å². The molecule has 6 nitrogen and oxygen atoms in total. The zero-order chi connectivity index (χ0) is 23.8. The molecule has 8 heteroatoms. The normalized spacial score (nSPS) is 21.1. The molecule has 176 valence electrons. The predicted molar refractivity (Wildman–Crippen MR) is 128 cm³/mol. The number of benzene rings is 1. The van der Waals surface area contributed by atoms with Gasteiger partial charge in [0.1, 0.15) is 5.82 Å². The first-order chi connectivity index (χ1) is 16.4. The number of aliphatic hydroxyl groups excluding tert-OH is 1. The standard InChI is InChI=1S/C26H26FN3O3S/c1-17-3-2-11-29(17)20-5-4-18(23(27)14-20)13-25(32)30(21-9-12-34(33)16-21)15-19-8-10-28-26-22(19)6-7-24(26)31/h2-5,8-12,14,21,24,31H,6-7,13,15-16H2,1H3. The lowest BCUT2D eigenvalue weighted by Crippen LogP contribution is -2.41. The summed E-state index contributed by atoms with van der Waals surface area (Å²) in [7, 11) is -1.13. The monoisotopic (exact) mass is 479 g/mol. The molecule has 2 aliphatic rings. The van der Waals surface area contributed by atoms with Crippen LogP contribution in [0.5, 0.6) is 0 Å². The Labute approximate surface area is 200 Å². The van der Waals surface area contributed by atoms with E-state index < -0.39 is 22.7 Å². The van der Waals surface area contributed by atoms with Crippen molar-refractivity contribution in [1.29, 1.82) is 0 Å². The molecule has 0 saturated carbocycles. The van der Waals surface area contributed by atoms with Gasteiger partial charge in [-0.05, 0) is 66.8 Å². The number of pyridine rings is 1. The van der Waals surface area contributed by atoms with Crippen LogP contribution < -0.4 is 0 Å². The van der Waals surface area contributed by atoms with Gasteiger partial charge in [0, 0.05) is 46.5 Å². The Morgan fingerprint density at radius 2 is 2.15 bits per heavy atom. The Kier molecular flexibility index (Phi) is 6.18. The van der Waals surface area contributed by atoms with Gasteiger partial charge in [-0.2, -0.15) is 0 Å². The number of fused-ring (bicyclic) bond motifs is 1. The van der Waals surface area contributed by atoms with E-state index in [1.54, 1.807) is 28.6 Å². The van der Waals surface area contributed by atoms with Gasteiger partial charge < -0.3 is 14.6 Å². The van der Waals surface area contributed by atoms with Crippen molar-refractivity contribution in [1.82, 2.24) is 14.5 Å². The van der Waals surface area contributed by atoms with Gasteiger partial charge >= 0.3 is 0 Å². The number of rotatable bonds is 6. The van der Waals surface area contributed by atoms with E-state index in [0.717, 1.165) is 16.8 Å². The molecular weight excluding hydrogens is 453 g/mol. The van der Waals surface area contributed by atoms with Crippen LogP contribution in [0.4, 0.5) is 4.39 Å². The molecule has 34 heavy (non-hydrogen) atoms. The molecule has 1 aromatic carbocycles. The molecule has 1 N–H and O–H groups in total. The molecule has 0 radical (unpaired) electrons. The number of hydrogen-bond acceptors (Lipinski definition) is 4. The minimum atomic E-state index is -1.13. The maximum Gasteiger partial charge on any atom is 0.227 e. The number of aliphatic hydroxyl groups is 1. The van der Waals surface area contributed by atoms with Crippen LogP contribution in [0.15, 0.2) is 60.3 Å². The minimum absolute atomic E-state index is 0.0936. The molecule has 0 spiro atoms. The van der Waals surface area contributed by atoms with Crippen molar-refractivity contribution in [3.8, 4) is 5.69 Å². The fourth-order valence-corrected chi connectivity index (χ4v) is 5.86. The Morgan fingerprint density at radius 1 is 1.29 bits per heavy atom. The second-order valence-corrected chi connectivity index (χ2v) is 10.2. The quantitative estimate of drug-likeness (QED) is 0.587. The number of halogens is 1. The average Bonchev–Trinajstić information content (AvgIpc) is 3.54. The van der Waals surface area contributed by atoms with Crippen molar-refractivity contribution in [3.05, 3.63) is 94.2 Å². The van der Waals surface area contributed by atoms with Gasteiger partial charge in [0.2, 0.25) is 5.91 Å². The SMILES string of the molecule is Cc1cccn1-c1ccc(CC(=O)N(Cc2ccnc3c2CCC3O)C2C=CS(=O)C2)c(F)c1. The molecule has 1 aliphatic heterocycles. The number of nitrogens with zero attached hydrogens (tertiary/aromatic N) is 3. The van der Waals surface area contributed by atoms with Crippen molar-refractivity contribution in [3.63, 3.8) is 0 Å². The lowest BCUT2D eigenvalue weighted by molar-refractivity contribution is -0.132. The van der Waals surface area contributed by atoms with Gasteiger partial charge in [-0.1, -0.05) is 12.1 Å². The fraction of sp³-hybridized carbons (Fsp3) is 0.308. The molecule has 0 fully saturated rings. The van der Waals surface area contributed by atoms with Crippen molar-refractivity contribution in [2.24, 2.45) is 0 Å². The van der Waals surface area contributed by atoms with E-state index in [9.17, 15) is 14.1 Å². The summed E-state index contributed by atoms with van der Waals surface area (Å²) in [5.74, 6) is -0.338. The highest BCUT2D eigenvalue weighted by atomic mass is 32.2. The van der Waals surface area contributed by atoms with E-state index in [-0.39, 0.29) is 18.4 Å². The fourth-order valence-electron chi connectivity index (χ4n) is 4.77. The van der Waals surface area contributed by atoms with Gasteiger partial charge in [-0.15, -0.1) is 0 Å². The van der Waals surface area contributed by atoms with Crippen LogP contribution in [0, 0.1) is 12.7 Å². The lowest BCUT2D eigenvalue weighted by Gasteiger charge is -2.29. The molecule has 3 atom stereocenters. The molecule has 2 aromatic heterocycles. The molecule has 1 amide bonds. The summed E-state index contributed by atoms with van der Waals surface area (Å²) >= 11 is 0. The zero-order valence-corrected chi connectivity index (χ0v) is 19.7. The third-order valence-corrected chi connectivity index (χ3v) is 7.76. The van der Waals surface area contributed by atoms with Crippen LogP contribution in [0.3, 0.4) is 0 Å². The van der Waals surface area contributed by atoms with Crippen molar-refractivity contribution < 1.29 is 18.5 Å². The van der Waals surface area contributed by atoms with Crippen LogP contribution in [-0.2, 0) is 35.0 Å². The maximum atomic E-state index is 15.0. The first-order valence-corrected chi connectivity index (χ1v) is 12.7. The summed E-state index contributed by atoms with van der Waals surface area (Å²) in [6.07, 6.45) is 5.93. The summed E-state index contributed by atoms with van der Waals surface area (Å²) in [5, 5.41) is 11.8. The van der Waals surface area contributed by atoms with Gasteiger partial charge in [0.05, 0.1) is 30.0 Å². The third-order valence-electron chi connectivity index (χ3n) is 6.63. The number of aryl methyl sites for hydroxylation is 1. The molecule has 0 bridgehead atoms. The number of hydrogen-bond donors (Lipinski definition) is 1. The van der Waals surface area contributed by atoms with E-state index >= 15 is 4.39 Å². The molecule has 5 rings (SSSR count). The van der Waals surface area contributed by atoms with Gasteiger partial charge in [0.15, 0.2) is 0 Å². The first kappa shape index (κ1) is 22.7. The number of amides is 1. The molecule has 3 heterocycles. The van der Waals surface area contributed by atoms with Crippen molar-refractivity contribution in [2.75, 3.05) is 5.75 Å². The Bertz CT molecular complexity index is 1300. The van der Waals surface area contributed by atoms with E-state index in [4.69, 9.17) is 0 Å². The van der Waals surface area contributed by atoms with Crippen LogP contribution in [0.2, 0.25) is 0 Å². The largest absolute Gasteiger partial charge is 0.387 e. The molecule has 3 unspecified atom stereocenters. The predicted octanol–water partition coefficient (Wildman–Crippen LogP) is 3.52. The van der Waals surface area contributed by atoms with E-state index in [1.807, 2.05) is 42.0 Å². The number of carbonyl (C=O) groups excluding carboxylic acids is 1. The summed E-state index contributed by atoms with van der Waals surface area (Å²) in [6.45, 7) is 2.24. The van der Waals surface area contributed by atoms with Crippen molar-refractivity contribution in [2.45, 2.75) is 44.9 Å². The zero-order valence-electron chi connectivity index (χ0n) is 18.9. The second-order valence-electron chi connectivity index (χ2n) is 8.83. The first-order valence-electron chi connectivity index (χ1n) is 11.3. The van der Waals surface area contributed by atoms with Crippen LogP contribution >= 0.6 is 0 Å². The summed E-state index contributed by atoms with van der Waals surface area (Å²) in [5.41, 5.74) is 4.56. The molecular formula is C26H26FN3O3S. The smallest absolute Gasteiger partial charge is 0.227 e. The highest BCUT2D eigenvalue weighted by Crippen LogP contribution is 2.32. The lowest BCUT2D eigenvalue weighted by atomic mass is 10.0. The van der Waals surface area contributed by atoms with Crippen LogP contribution in [0.1, 0.15) is 40.6 Å². The highest BCUT2D eigenvalue weighted by Gasteiger charge is 2.30. The third kappa shape index (κ3) is 4.35. The summed E-state index contributed by atoms with van der Waals surface area (Å²) in [6, 6.07) is 10.3. The van der Waals surface area contributed by atoms with Gasteiger partial charge in [-0.3, -0.25) is 14.0 Å². The summed E-state index contributed by atoms with van der Waals surface area (Å²) < 4.78 is 28.9. The maximum absolute atomic E-state index is 15.0. The molecule has 3 aromatic rings. The Balaban J connectivity index is 1.40. The molecule has 0 saturated heterocycles. The molecule has 1 aliphatic carbocycles. The Morgan fingerprint density at radius 3 is 2.85 bits per heavy atom. The van der Waals surface area contributed by atoms with E-state index in [0.29, 0.717) is 42.1 Å². The number of aromatic nitrogens is 2. The number of carbonyl (C=O) groups is 1. The van der Waals surface area contributed by atoms with Crippen LogP contribution in [0.25, 0.3) is 5.69 Å². The van der Waals surface area contributed by atoms with Crippen LogP contribution in [-0.4, -0.2) is 41.5 Å². The van der Waals surface area contributed by atoms with Gasteiger partial charge in [-0.25, -0.2) is 4.39 Å². The van der Waals surface area contributed by atoms with Crippen molar-refractivity contribution >= 4 is 16.7 Å². The minimum Gasteiger partial charge on any atom is -0.387 e. The topological polar surface area (TPSA) is 75.4 Å². The average molecular weight is 480 g/mol. The Hall–Kier alpha value is -3.10. The van der Waals surface area contributed by atoms with E-state index in [1.165, 1.54) is 6.07 Å². The highest BCUT2D eigenvalue weighted by molar-refractivity contribution is 7.88.